The van der Waals surface area contributed by atoms with Crippen molar-refractivity contribution in [3.63, 3.8) is 0 Å². The van der Waals surface area contributed by atoms with Crippen LogP contribution in [-0.4, -0.2) is 75.5 Å². The molecule has 0 saturated carbocycles. The van der Waals surface area contributed by atoms with E-state index in [1.807, 2.05) is 21.0 Å². The average Bonchev–Trinajstić information content (AvgIpc) is 2.66. The maximum Gasteiger partial charge on any atom is 0.317 e. The minimum Gasteiger partial charge on any atom is -0.338 e. The van der Waals surface area contributed by atoms with Crippen LogP contribution in [0.25, 0.3) is 0 Å². The summed E-state index contributed by atoms with van der Waals surface area (Å²) in [5, 5.41) is 2.86. The first kappa shape index (κ1) is 16.2. The maximum absolute atomic E-state index is 12.0. The summed E-state index contributed by atoms with van der Waals surface area (Å²) in [6.45, 7) is 3.96. The van der Waals surface area contributed by atoms with Crippen molar-refractivity contribution in [2.75, 3.05) is 45.2 Å². The Bertz CT molecular complexity index is 395. The van der Waals surface area contributed by atoms with Crippen molar-refractivity contribution in [2.45, 2.75) is 25.8 Å². The second-order valence-electron chi connectivity index (χ2n) is 5.23. The van der Waals surface area contributed by atoms with Gasteiger partial charge in [-0.2, -0.15) is 0 Å². The summed E-state index contributed by atoms with van der Waals surface area (Å²) >= 11 is 0. The monoisotopic (exact) mass is 291 g/mol. The lowest BCUT2D eigenvalue weighted by Gasteiger charge is -2.27. The predicted octanol–water partition coefficient (Wildman–Crippen LogP) is 0.157. The SMILES string of the molecule is CCN(C(=O)NCCCN(C)C)C1CCS(=O)(=O)C1. The van der Waals surface area contributed by atoms with E-state index in [1.54, 1.807) is 4.90 Å². The largest absolute Gasteiger partial charge is 0.338 e. The quantitative estimate of drug-likeness (QED) is 0.708. The van der Waals surface area contributed by atoms with Gasteiger partial charge in [0.1, 0.15) is 0 Å². The lowest BCUT2D eigenvalue weighted by atomic mass is 10.2. The standard InChI is InChI=1S/C12H25N3O3S/c1-4-15(11-6-9-19(17,18)10-11)12(16)13-7-5-8-14(2)3/h11H,4-10H2,1-3H3,(H,13,16). The highest BCUT2D eigenvalue weighted by molar-refractivity contribution is 7.91. The van der Waals surface area contributed by atoms with E-state index < -0.39 is 9.84 Å². The number of hydrogen-bond donors (Lipinski definition) is 1. The number of amides is 2. The molecule has 0 aromatic rings. The van der Waals surface area contributed by atoms with Crippen molar-refractivity contribution in [3.05, 3.63) is 0 Å². The first-order valence-corrected chi connectivity index (χ1v) is 8.57. The van der Waals surface area contributed by atoms with Crippen molar-refractivity contribution in [1.82, 2.24) is 15.1 Å². The smallest absolute Gasteiger partial charge is 0.317 e. The van der Waals surface area contributed by atoms with Crippen LogP contribution in [0, 0.1) is 0 Å². The predicted molar refractivity (Wildman–Crippen MR) is 76.0 cm³/mol. The lowest BCUT2D eigenvalue weighted by molar-refractivity contribution is 0.183. The van der Waals surface area contributed by atoms with E-state index >= 15 is 0 Å². The number of rotatable bonds is 6. The number of hydrogen-bond acceptors (Lipinski definition) is 4. The molecule has 6 nitrogen and oxygen atoms in total. The minimum absolute atomic E-state index is 0.103. The van der Waals surface area contributed by atoms with Crippen LogP contribution in [0.15, 0.2) is 0 Å². The van der Waals surface area contributed by atoms with Crippen LogP contribution in [0.1, 0.15) is 19.8 Å². The van der Waals surface area contributed by atoms with Crippen LogP contribution in [0.4, 0.5) is 4.79 Å². The zero-order valence-corrected chi connectivity index (χ0v) is 12.9. The van der Waals surface area contributed by atoms with Crippen LogP contribution in [0.2, 0.25) is 0 Å². The zero-order valence-electron chi connectivity index (χ0n) is 12.1. The Kier molecular flexibility index (Phi) is 6.06. The van der Waals surface area contributed by atoms with E-state index in [9.17, 15) is 13.2 Å². The normalized spacial score (nSPS) is 21.6. The Labute approximate surface area is 116 Å². The molecule has 0 aromatic carbocycles. The summed E-state index contributed by atoms with van der Waals surface area (Å²) in [6, 6.07) is -0.313. The molecule has 0 bridgehead atoms. The van der Waals surface area contributed by atoms with Crippen molar-refractivity contribution in [1.29, 1.82) is 0 Å². The molecule has 1 aliphatic rings. The number of carbonyl (C=O) groups excluding carboxylic acids is 1. The third-order valence-corrected chi connectivity index (χ3v) is 5.06. The van der Waals surface area contributed by atoms with E-state index in [0.29, 0.717) is 19.5 Å². The molecule has 0 aromatic heterocycles. The van der Waals surface area contributed by atoms with Crippen LogP contribution in [0.5, 0.6) is 0 Å². The molecule has 19 heavy (non-hydrogen) atoms. The summed E-state index contributed by atoms with van der Waals surface area (Å²) in [5.41, 5.74) is 0. The van der Waals surface area contributed by atoms with Gasteiger partial charge >= 0.3 is 6.03 Å². The molecule has 2 amide bonds. The highest BCUT2D eigenvalue weighted by atomic mass is 32.2. The van der Waals surface area contributed by atoms with Gasteiger partial charge in [0.15, 0.2) is 9.84 Å². The Morgan fingerprint density at radius 2 is 2.05 bits per heavy atom. The van der Waals surface area contributed by atoms with Crippen molar-refractivity contribution >= 4 is 15.9 Å². The van der Waals surface area contributed by atoms with Crippen molar-refractivity contribution in [3.8, 4) is 0 Å². The van der Waals surface area contributed by atoms with Crippen molar-refractivity contribution in [2.24, 2.45) is 0 Å². The Hall–Kier alpha value is -0.820. The van der Waals surface area contributed by atoms with E-state index in [4.69, 9.17) is 0 Å². The molecular weight excluding hydrogens is 266 g/mol. The number of carbonyl (C=O) groups is 1. The fourth-order valence-electron chi connectivity index (χ4n) is 2.28. The molecule has 0 radical (unpaired) electrons. The fraction of sp³-hybridized carbons (Fsp3) is 0.917. The van der Waals surface area contributed by atoms with Gasteiger partial charge < -0.3 is 15.1 Å². The molecule has 1 rings (SSSR count). The summed E-state index contributed by atoms with van der Waals surface area (Å²) in [6.07, 6.45) is 1.44. The molecule has 1 aliphatic heterocycles. The van der Waals surface area contributed by atoms with Crippen molar-refractivity contribution < 1.29 is 13.2 Å². The number of nitrogens with one attached hydrogen (secondary N) is 1. The van der Waals surface area contributed by atoms with Gasteiger partial charge in [0, 0.05) is 19.1 Å². The molecule has 1 heterocycles. The van der Waals surface area contributed by atoms with Gasteiger partial charge in [0.05, 0.1) is 11.5 Å². The van der Waals surface area contributed by atoms with E-state index in [0.717, 1.165) is 13.0 Å². The van der Waals surface area contributed by atoms with E-state index in [2.05, 4.69) is 10.2 Å². The number of nitrogens with zero attached hydrogens (tertiary/aromatic N) is 2. The number of sulfone groups is 1. The van der Waals surface area contributed by atoms with Gasteiger partial charge in [0.2, 0.25) is 0 Å². The maximum atomic E-state index is 12.0. The molecule has 1 unspecified atom stereocenters. The molecule has 1 N–H and O–H groups in total. The molecule has 0 spiro atoms. The first-order valence-electron chi connectivity index (χ1n) is 6.75. The Morgan fingerprint density at radius 1 is 1.37 bits per heavy atom. The van der Waals surface area contributed by atoms with E-state index in [-0.39, 0.29) is 23.6 Å². The minimum atomic E-state index is -2.95. The summed E-state index contributed by atoms with van der Waals surface area (Å²) in [7, 11) is 1.03. The van der Waals surface area contributed by atoms with Gasteiger partial charge in [-0.3, -0.25) is 0 Å². The average molecular weight is 291 g/mol. The first-order chi connectivity index (χ1) is 8.85. The topological polar surface area (TPSA) is 69.7 Å². The molecule has 0 aliphatic carbocycles. The summed E-state index contributed by atoms with van der Waals surface area (Å²) < 4.78 is 22.9. The third-order valence-electron chi connectivity index (χ3n) is 3.31. The summed E-state index contributed by atoms with van der Waals surface area (Å²) in [5.74, 6) is 0.300. The number of urea groups is 1. The second-order valence-corrected chi connectivity index (χ2v) is 7.46. The molecular formula is C12H25N3O3S. The van der Waals surface area contributed by atoms with Gasteiger partial charge in [-0.25, -0.2) is 13.2 Å². The van der Waals surface area contributed by atoms with Crippen LogP contribution in [0.3, 0.4) is 0 Å². The summed E-state index contributed by atoms with van der Waals surface area (Å²) in [4.78, 5) is 15.7. The zero-order chi connectivity index (χ0) is 14.5. The van der Waals surface area contributed by atoms with Crippen LogP contribution in [-0.2, 0) is 9.84 Å². The van der Waals surface area contributed by atoms with Gasteiger partial charge in [-0.05, 0) is 40.4 Å². The second kappa shape index (κ2) is 7.09. The molecule has 7 heteroatoms. The van der Waals surface area contributed by atoms with Gasteiger partial charge in [0.25, 0.3) is 0 Å². The molecule has 1 saturated heterocycles. The molecule has 1 fully saturated rings. The highest BCUT2D eigenvalue weighted by Gasteiger charge is 2.33. The van der Waals surface area contributed by atoms with Crippen LogP contribution >= 0.6 is 0 Å². The Morgan fingerprint density at radius 3 is 2.53 bits per heavy atom. The van der Waals surface area contributed by atoms with Gasteiger partial charge in [-0.1, -0.05) is 0 Å². The van der Waals surface area contributed by atoms with Gasteiger partial charge in [-0.15, -0.1) is 0 Å². The Balaban J connectivity index is 2.40. The van der Waals surface area contributed by atoms with Crippen LogP contribution < -0.4 is 5.32 Å². The van der Waals surface area contributed by atoms with E-state index in [1.165, 1.54) is 0 Å². The lowest BCUT2D eigenvalue weighted by Crippen LogP contribution is -2.47. The third kappa shape index (κ3) is 5.36. The molecule has 1 atom stereocenters. The molecule has 112 valence electrons. The highest BCUT2D eigenvalue weighted by Crippen LogP contribution is 2.17. The fourth-order valence-corrected chi connectivity index (χ4v) is 4.01.